The van der Waals surface area contributed by atoms with Crippen LogP contribution >= 0.6 is 11.8 Å². The van der Waals surface area contributed by atoms with Crippen LogP contribution in [0.3, 0.4) is 0 Å². The fraction of sp³-hybridized carbons (Fsp3) is 0.158. The second kappa shape index (κ2) is 8.90. The van der Waals surface area contributed by atoms with E-state index in [0.29, 0.717) is 12.1 Å². The van der Waals surface area contributed by atoms with Gasteiger partial charge in [-0.1, -0.05) is 31.2 Å². The van der Waals surface area contributed by atoms with Crippen molar-refractivity contribution >= 4 is 29.4 Å². The number of thioether (sulfide) groups is 1. The molecule has 2 rings (SSSR count). The summed E-state index contributed by atoms with van der Waals surface area (Å²) in [6.45, 7) is 1.97. The summed E-state index contributed by atoms with van der Waals surface area (Å²) in [6, 6.07) is 15.5. The second-order valence-electron chi connectivity index (χ2n) is 5.16. The van der Waals surface area contributed by atoms with E-state index >= 15 is 0 Å². The summed E-state index contributed by atoms with van der Waals surface area (Å²) >= 11 is 1.55. The largest absolute Gasteiger partial charge is 0.321 e. The van der Waals surface area contributed by atoms with E-state index in [4.69, 9.17) is 5.26 Å². The molecule has 0 aromatic heterocycles. The normalized spacial score (nSPS) is 11.9. The van der Waals surface area contributed by atoms with Gasteiger partial charge in [0.05, 0.1) is 11.8 Å². The lowest BCUT2D eigenvalue weighted by Crippen LogP contribution is -2.09. The van der Waals surface area contributed by atoms with Gasteiger partial charge in [0.1, 0.15) is 5.82 Å². The van der Waals surface area contributed by atoms with Crippen molar-refractivity contribution in [2.75, 3.05) is 5.32 Å². The predicted molar refractivity (Wildman–Crippen MR) is 96.1 cm³/mol. The number of amides is 1. The number of anilines is 1. The molecule has 2 aromatic carbocycles. The Morgan fingerprint density at radius 3 is 2.71 bits per heavy atom. The molecule has 1 atom stereocenters. The van der Waals surface area contributed by atoms with Crippen LogP contribution in [0.2, 0.25) is 0 Å². The Morgan fingerprint density at radius 2 is 2.00 bits per heavy atom. The molecule has 0 aliphatic rings. The number of nitrogens with zero attached hydrogens (tertiary/aromatic N) is 1. The van der Waals surface area contributed by atoms with Crippen molar-refractivity contribution in [3.8, 4) is 6.07 Å². The van der Waals surface area contributed by atoms with Crippen molar-refractivity contribution in [2.45, 2.75) is 23.5 Å². The zero-order chi connectivity index (χ0) is 17.4. The van der Waals surface area contributed by atoms with Gasteiger partial charge in [-0.3, -0.25) is 4.79 Å². The van der Waals surface area contributed by atoms with Gasteiger partial charge in [-0.15, -0.1) is 11.8 Å². The van der Waals surface area contributed by atoms with Gasteiger partial charge in [-0.25, -0.2) is 4.39 Å². The maximum absolute atomic E-state index is 12.9. The van der Waals surface area contributed by atoms with E-state index in [1.54, 1.807) is 30.0 Å². The third-order valence-electron chi connectivity index (χ3n) is 3.15. The van der Waals surface area contributed by atoms with Crippen molar-refractivity contribution in [3.05, 3.63) is 66.0 Å². The van der Waals surface area contributed by atoms with Crippen LogP contribution in [0.25, 0.3) is 6.08 Å². The van der Waals surface area contributed by atoms with Crippen molar-refractivity contribution in [2.24, 2.45) is 0 Å². The first-order valence-electron chi connectivity index (χ1n) is 7.46. The zero-order valence-electron chi connectivity index (χ0n) is 13.2. The Labute approximate surface area is 145 Å². The number of carbonyl (C=O) groups excluding carboxylic acids is 1. The van der Waals surface area contributed by atoms with Gasteiger partial charge in [0.25, 0.3) is 0 Å². The van der Waals surface area contributed by atoms with Crippen molar-refractivity contribution < 1.29 is 9.18 Å². The molecule has 3 nitrogen and oxygen atoms in total. The van der Waals surface area contributed by atoms with Gasteiger partial charge >= 0.3 is 0 Å². The summed E-state index contributed by atoms with van der Waals surface area (Å²) in [5.41, 5.74) is 1.46. The smallest absolute Gasteiger partial charge is 0.248 e. The highest BCUT2D eigenvalue weighted by atomic mass is 32.2. The Morgan fingerprint density at radius 1 is 1.29 bits per heavy atom. The molecule has 2 aromatic rings. The highest BCUT2D eigenvalue weighted by Gasteiger charge is 2.09. The molecule has 0 saturated carbocycles. The standard InChI is InChI=1S/C19H17FN2OS/c1-14(12-13-21)24-18-5-3-2-4-17(18)22-19(23)11-8-15-6-9-16(20)10-7-15/h2-11,14H,12H2,1H3,(H,22,23)/b11-8+. The maximum atomic E-state index is 12.9. The maximum Gasteiger partial charge on any atom is 0.248 e. The number of hydrogen-bond donors (Lipinski definition) is 1. The van der Waals surface area contributed by atoms with Crippen LogP contribution in [0.5, 0.6) is 0 Å². The highest BCUT2D eigenvalue weighted by molar-refractivity contribution is 8.00. The first-order chi connectivity index (χ1) is 11.6. The molecule has 5 heteroatoms. The SMILES string of the molecule is CC(CC#N)Sc1ccccc1NC(=O)/C=C/c1ccc(F)cc1. The molecule has 1 N–H and O–H groups in total. The first-order valence-corrected chi connectivity index (χ1v) is 8.33. The Bertz CT molecular complexity index is 766. The molecular weight excluding hydrogens is 323 g/mol. The monoisotopic (exact) mass is 340 g/mol. The number of nitriles is 1. The third kappa shape index (κ3) is 5.56. The number of rotatable bonds is 6. The van der Waals surface area contributed by atoms with Gasteiger partial charge < -0.3 is 5.32 Å². The molecule has 0 fully saturated rings. The average Bonchev–Trinajstić information content (AvgIpc) is 2.56. The molecule has 0 bridgehead atoms. The van der Waals surface area contributed by atoms with Crippen LogP contribution in [-0.2, 0) is 4.79 Å². The number of para-hydroxylation sites is 1. The van der Waals surface area contributed by atoms with E-state index < -0.39 is 0 Å². The second-order valence-corrected chi connectivity index (χ2v) is 6.64. The Balaban J connectivity index is 2.03. The topological polar surface area (TPSA) is 52.9 Å². The lowest BCUT2D eigenvalue weighted by atomic mass is 10.2. The van der Waals surface area contributed by atoms with Crippen LogP contribution in [0.4, 0.5) is 10.1 Å². The minimum absolute atomic E-state index is 0.141. The lowest BCUT2D eigenvalue weighted by molar-refractivity contribution is -0.111. The number of hydrogen-bond acceptors (Lipinski definition) is 3. The average molecular weight is 340 g/mol. The number of nitrogens with one attached hydrogen (secondary N) is 1. The molecule has 1 amide bonds. The van der Waals surface area contributed by atoms with Crippen molar-refractivity contribution in [3.63, 3.8) is 0 Å². The minimum atomic E-state index is -0.311. The molecule has 0 spiro atoms. The molecular formula is C19H17FN2OS. The summed E-state index contributed by atoms with van der Waals surface area (Å²) in [4.78, 5) is 13.0. The summed E-state index contributed by atoms with van der Waals surface area (Å²) in [7, 11) is 0. The van der Waals surface area contributed by atoms with Crippen molar-refractivity contribution in [1.29, 1.82) is 5.26 Å². The quantitative estimate of drug-likeness (QED) is 0.603. The minimum Gasteiger partial charge on any atom is -0.321 e. The van der Waals surface area contributed by atoms with Gasteiger partial charge in [-0.2, -0.15) is 5.26 Å². The van der Waals surface area contributed by atoms with E-state index in [-0.39, 0.29) is 17.0 Å². The predicted octanol–water partition coefficient (Wildman–Crippen LogP) is 4.87. The van der Waals surface area contributed by atoms with Gasteiger partial charge in [0.2, 0.25) is 5.91 Å². The Kier molecular flexibility index (Phi) is 6.59. The Hall–Kier alpha value is -2.58. The fourth-order valence-electron chi connectivity index (χ4n) is 1.98. The number of benzene rings is 2. The van der Waals surface area contributed by atoms with E-state index in [0.717, 1.165) is 10.5 Å². The van der Waals surface area contributed by atoms with Crippen LogP contribution in [0.15, 0.2) is 59.5 Å². The number of halogens is 1. The van der Waals surface area contributed by atoms with Gasteiger partial charge in [0, 0.05) is 22.6 Å². The van der Waals surface area contributed by atoms with Crippen LogP contribution in [-0.4, -0.2) is 11.2 Å². The van der Waals surface area contributed by atoms with Crippen LogP contribution < -0.4 is 5.32 Å². The van der Waals surface area contributed by atoms with E-state index in [2.05, 4.69) is 11.4 Å². The van der Waals surface area contributed by atoms with Gasteiger partial charge in [-0.05, 0) is 35.9 Å². The van der Waals surface area contributed by atoms with Gasteiger partial charge in [0.15, 0.2) is 0 Å². The molecule has 0 radical (unpaired) electrons. The van der Waals surface area contributed by atoms with E-state index in [1.807, 2.05) is 31.2 Å². The molecule has 24 heavy (non-hydrogen) atoms. The molecule has 0 heterocycles. The summed E-state index contributed by atoms with van der Waals surface area (Å²) < 4.78 is 12.9. The third-order valence-corrected chi connectivity index (χ3v) is 4.33. The molecule has 0 aliphatic carbocycles. The summed E-state index contributed by atoms with van der Waals surface area (Å²) in [6.07, 6.45) is 3.48. The zero-order valence-corrected chi connectivity index (χ0v) is 14.0. The highest BCUT2D eigenvalue weighted by Crippen LogP contribution is 2.31. The van der Waals surface area contributed by atoms with Crippen LogP contribution in [0.1, 0.15) is 18.9 Å². The molecule has 1 unspecified atom stereocenters. The van der Waals surface area contributed by atoms with E-state index in [9.17, 15) is 9.18 Å². The lowest BCUT2D eigenvalue weighted by Gasteiger charge is -2.12. The molecule has 122 valence electrons. The van der Waals surface area contributed by atoms with Crippen LogP contribution in [0, 0.1) is 17.1 Å². The molecule has 0 saturated heterocycles. The van der Waals surface area contributed by atoms with Crippen molar-refractivity contribution in [1.82, 2.24) is 0 Å². The molecule has 0 aliphatic heterocycles. The first kappa shape index (κ1) is 17.8. The van der Waals surface area contributed by atoms with E-state index in [1.165, 1.54) is 18.2 Å². The summed E-state index contributed by atoms with van der Waals surface area (Å²) in [5.74, 6) is -0.575. The summed E-state index contributed by atoms with van der Waals surface area (Å²) in [5, 5.41) is 11.7. The number of carbonyl (C=O) groups is 1. The fourth-order valence-corrected chi connectivity index (χ4v) is 2.97.